The minimum absolute atomic E-state index is 0.0804. The Bertz CT molecular complexity index is 661. The van der Waals surface area contributed by atoms with Gasteiger partial charge in [-0.25, -0.2) is 0 Å². The first-order chi connectivity index (χ1) is 11.0. The molecule has 0 saturated heterocycles. The smallest absolute Gasteiger partial charge is 0.261 e. The van der Waals surface area contributed by atoms with Crippen LogP contribution in [0.3, 0.4) is 0 Å². The maximum absolute atomic E-state index is 12.2. The lowest BCUT2D eigenvalue weighted by molar-refractivity contribution is -0.117. The lowest BCUT2D eigenvalue weighted by Crippen LogP contribution is -2.32. The molecule has 124 valence electrons. The number of rotatable bonds is 7. The summed E-state index contributed by atoms with van der Waals surface area (Å²) in [6.45, 7) is 7.60. The van der Waals surface area contributed by atoms with Crippen molar-refractivity contribution in [1.29, 1.82) is 5.26 Å². The Balaban J connectivity index is 2.14. The van der Waals surface area contributed by atoms with Gasteiger partial charge in [0.1, 0.15) is 11.6 Å². The van der Waals surface area contributed by atoms with E-state index in [2.05, 4.69) is 16.8 Å². The number of aromatic nitrogens is 1. The van der Waals surface area contributed by atoms with Crippen LogP contribution in [0.15, 0.2) is 11.6 Å². The minimum atomic E-state index is -0.368. The molecule has 1 heterocycles. The molecular formula is C18H25N3O2. The van der Waals surface area contributed by atoms with Crippen LogP contribution in [0, 0.1) is 30.6 Å². The van der Waals surface area contributed by atoms with Gasteiger partial charge in [-0.1, -0.05) is 6.92 Å². The van der Waals surface area contributed by atoms with Crippen molar-refractivity contribution < 1.29 is 9.90 Å². The molecule has 0 radical (unpaired) electrons. The highest BCUT2D eigenvalue weighted by molar-refractivity contribution is 6.01. The van der Waals surface area contributed by atoms with Crippen LogP contribution in [-0.2, 0) is 11.3 Å². The molecule has 0 bridgehead atoms. The maximum atomic E-state index is 12.2. The average Bonchev–Trinajstić information content (AvgIpc) is 3.28. The van der Waals surface area contributed by atoms with Crippen LogP contribution in [0.5, 0.6) is 0 Å². The second kappa shape index (κ2) is 7.01. The van der Waals surface area contributed by atoms with Crippen LogP contribution in [0.1, 0.15) is 43.1 Å². The summed E-state index contributed by atoms with van der Waals surface area (Å²) in [5, 5.41) is 21.4. The van der Waals surface area contributed by atoms with E-state index >= 15 is 0 Å². The standard InChI is InChI=1S/C18H25N3O2/c1-4-7-21-13(2)8-15(14(21)3)9-16(10-19)17(23)20-11-18(12-22)5-6-18/h8-9,22H,4-7,11-12H2,1-3H3,(H,20,23)/b16-9+. The Morgan fingerprint density at radius 2 is 2.22 bits per heavy atom. The average molecular weight is 315 g/mol. The molecule has 0 atom stereocenters. The second-order valence-electron chi connectivity index (χ2n) is 6.49. The summed E-state index contributed by atoms with van der Waals surface area (Å²) in [7, 11) is 0. The molecule has 1 aromatic heterocycles. The third-order valence-corrected chi connectivity index (χ3v) is 4.64. The Hall–Kier alpha value is -2.06. The van der Waals surface area contributed by atoms with Gasteiger partial charge in [0, 0.05) is 29.9 Å². The predicted octanol–water partition coefficient (Wildman–Crippen LogP) is 2.31. The minimum Gasteiger partial charge on any atom is -0.396 e. The van der Waals surface area contributed by atoms with E-state index in [1.807, 2.05) is 26.0 Å². The molecular weight excluding hydrogens is 290 g/mol. The number of carbonyl (C=O) groups is 1. The molecule has 1 amide bonds. The molecule has 1 aromatic rings. The largest absolute Gasteiger partial charge is 0.396 e. The molecule has 0 aliphatic heterocycles. The van der Waals surface area contributed by atoms with Crippen molar-refractivity contribution in [3.8, 4) is 6.07 Å². The number of aliphatic hydroxyl groups is 1. The first-order valence-corrected chi connectivity index (χ1v) is 8.14. The summed E-state index contributed by atoms with van der Waals surface area (Å²) < 4.78 is 2.20. The molecule has 5 nitrogen and oxygen atoms in total. The molecule has 5 heteroatoms. The lowest BCUT2D eigenvalue weighted by atomic mass is 10.1. The van der Waals surface area contributed by atoms with Gasteiger partial charge in [0.05, 0.1) is 6.61 Å². The van der Waals surface area contributed by atoms with E-state index in [1.54, 1.807) is 6.08 Å². The van der Waals surface area contributed by atoms with Crippen molar-refractivity contribution in [2.24, 2.45) is 5.41 Å². The molecule has 0 aromatic carbocycles. The highest BCUT2D eigenvalue weighted by Gasteiger charge is 2.42. The van der Waals surface area contributed by atoms with Crippen molar-refractivity contribution in [2.45, 2.75) is 46.6 Å². The number of aryl methyl sites for hydroxylation is 1. The molecule has 1 fully saturated rings. The number of nitriles is 1. The van der Waals surface area contributed by atoms with Crippen LogP contribution in [0.2, 0.25) is 0 Å². The van der Waals surface area contributed by atoms with E-state index in [0.29, 0.717) is 6.54 Å². The third-order valence-electron chi connectivity index (χ3n) is 4.64. The Labute approximate surface area is 137 Å². The van der Waals surface area contributed by atoms with Gasteiger partial charge in [-0.15, -0.1) is 0 Å². The number of aliphatic hydroxyl groups excluding tert-OH is 1. The van der Waals surface area contributed by atoms with E-state index in [1.165, 1.54) is 0 Å². The van der Waals surface area contributed by atoms with Gasteiger partial charge in [0.25, 0.3) is 5.91 Å². The monoisotopic (exact) mass is 315 g/mol. The Kier molecular flexibility index (Phi) is 5.27. The van der Waals surface area contributed by atoms with Gasteiger partial charge in [-0.2, -0.15) is 5.26 Å². The number of nitrogens with one attached hydrogen (secondary N) is 1. The van der Waals surface area contributed by atoms with Crippen LogP contribution in [0.4, 0.5) is 0 Å². The highest BCUT2D eigenvalue weighted by atomic mass is 16.3. The fraction of sp³-hybridized carbons (Fsp3) is 0.556. The zero-order chi connectivity index (χ0) is 17.0. The number of nitrogens with zero attached hydrogens (tertiary/aromatic N) is 2. The molecule has 23 heavy (non-hydrogen) atoms. The van der Waals surface area contributed by atoms with Crippen molar-refractivity contribution in [3.05, 3.63) is 28.6 Å². The fourth-order valence-electron chi connectivity index (χ4n) is 2.78. The lowest BCUT2D eigenvalue weighted by Gasteiger charge is -2.12. The molecule has 2 N–H and O–H groups in total. The van der Waals surface area contributed by atoms with Crippen LogP contribution in [-0.4, -0.2) is 28.7 Å². The van der Waals surface area contributed by atoms with Gasteiger partial charge >= 0.3 is 0 Å². The Morgan fingerprint density at radius 3 is 2.74 bits per heavy atom. The van der Waals surface area contributed by atoms with E-state index in [0.717, 1.165) is 42.8 Å². The van der Waals surface area contributed by atoms with Crippen molar-refractivity contribution in [2.75, 3.05) is 13.2 Å². The summed E-state index contributed by atoms with van der Waals surface area (Å²) >= 11 is 0. The third kappa shape index (κ3) is 3.83. The van der Waals surface area contributed by atoms with Gasteiger partial charge in [0.15, 0.2) is 0 Å². The summed E-state index contributed by atoms with van der Waals surface area (Å²) in [5.74, 6) is -0.368. The number of carbonyl (C=O) groups excluding carboxylic acids is 1. The summed E-state index contributed by atoms with van der Waals surface area (Å²) in [5.41, 5.74) is 3.05. The van der Waals surface area contributed by atoms with Gasteiger partial charge < -0.3 is 15.0 Å². The number of hydrogen-bond acceptors (Lipinski definition) is 3. The van der Waals surface area contributed by atoms with Crippen LogP contribution >= 0.6 is 0 Å². The van der Waals surface area contributed by atoms with E-state index < -0.39 is 0 Å². The predicted molar refractivity (Wildman–Crippen MR) is 89.5 cm³/mol. The van der Waals surface area contributed by atoms with Crippen molar-refractivity contribution in [3.63, 3.8) is 0 Å². The van der Waals surface area contributed by atoms with Crippen molar-refractivity contribution >= 4 is 12.0 Å². The Morgan fingerprint density at radius 1 is 1.52 bits per heavy atom. The topological polar surface area (TPSA) is 78.0 Å². The van der Waals surface area contributed by atoms with Gasteiger partial charge in [-0.05, 0) is 50.8 Å². The molecule has 2 rings (SSSR count). The number of hydrogen-bond donors (Lipinski definition) is 2. The first kappa shape index (κ1) is 17.3. The number of amides is 1. The van der Waals surface area contributed by atoms with E-state index in [4.69, 9.17) is 0 Å². The van der Waals surface area contributed by atoms with Crippen molar-refractivity contribution in [1.82, 2.24) is 9.88 Å². The quantitative estimate of drug-likeness (QED) is 0.599. The van der Waals surface area contributed by atoms with Gasteiger partial charge in [0.2, 0.25) is 0 Å². The normalized spacial score (nSPS) is 16.0. The summed E-state index contributed by atoms with van der Waals surface area (Å²) in [6.07, 6.45) is 4.54. The SMILES string of the molecule is CCCn1c(C)cc(/C=C(\C#N)C(=O)NCC2(CO)CC2)c1C. The zero-order valence-electron chi connectivity index (χ0n) is 14.1. The van der Waals surface area contributed by atoms with Crippen LogP contribution in [0.25, 0.3) is 6.08 Å². The first-order valence-electron chi connectivity index (χ1n) is 8.14. The molecule has 0 unspecified atom stereocenters. The summed E-state index contributed by atoms with van der Waals surface area (Å²) in [4.78, 5) is 12.2. The highest BCUT2D eigenvalue weighted by Crippen LogP contribution is 2.44. The van der Waals surface area contributed by atoms with Crippen LogP contribution < -0.4 is 5.32 Å². The molecule has 1 saturated carbocycles. The summed E-state index contributed by atoms with van der Waals surface area (Å²) in [6, 6.07) is 4.00. The zero-order valence-corrected chi connectivity index (χ0v) is 14.1. The van der Waals surface area contributed by atoms with E-state index in [-0.39, 0.29) is 23.5 Å². The molecule has 1 aliphatic rings. The second-order valence-corrected chi connectivity index (χ2v) is 6.49. The van der Waals surface area contributed by atoms with E-state index in [9.17, 15) is 15.2 Å². The fourth-order valence-corrected chi connectivity index (χ4v) is 2.78. The molecule has 1 aliphatic carbocycles. The molecule has 0 spiro atoms. The maximum Gasteiger partial charge on any atom is 0.261 e. The van der Waals surface area contributed by atoms with Gasteiger partial charge in [-0.3, -0.25) is 4.79 Å².